The van der Waals surface area contributed by atoms with E-state index in [0.29, 0.717) is 12.0 Å². The predicted octanol–water partition coefficient (Wildman–Crippen LogP) is 2.05. The first-order chi connectivity index (χ1) is 6.20. The maximum Gasteiger partial charge on any atom is 0.175 e. The van der Waals surface area contributed by atoms with Gasteiger partial charge in [-0.2, -0.15) is 0 Å². The lowest BCUT2D eigenvalue weighted by molar-refractivity contribution is 0.0967. The average Bonchev–Trinajstić information content (AvgIpc) is 2.12. The van der Waals surface area contributed by atoms with Crippen molar-refractivity contribution in [1.29, 1.82) is 0 Å². The zero-order valence-electron chi connectivity index (χ0n) is 7.01. The van der Waals surface area contributed by atoms with Crippen molar-refractivity contribution in [3.05, 3.63) is 29.1 Å². The van der Waals surface area contributed by atoms with E-state index in [-0.39, 0.29) is 11.3 Å². The molecule has 1 aromatic carbocycles. The highest BCUT2D eigenvalue weighted by atomic mass is 19.1. The number of carbonyl (C=O) groups excluding carboxylic acids is 1. The Balaban J connectivity index is 2.65. The highest BCUT2D eigenvalue weighted by Gasteiger charge is 2.22. The largest absolute Gasteiger partial charge is 0.505 e. The molecule has 0 saturated carbocycles. The fraction of sp³-hybridized carbons (Fsp3) is 0.300. The summed E-state index contributed by atoms with van der Waals surface area (Å²) in [6.45, 7) is 0. The Bertz CT molecular complexity index is 371. The van der Waals surface area contributed by atoms with Gasteiger partial charge in [-0.25, -0.2) is 4.39 Å². The zero-order valence-corrected chi connectivity index (χ0v) is 7.01. The van der Waals surface area contributed by atoms with Crippen molar-refractivity contribution >= 4 is 5.78 Å². The summed E-state index contributed by atoms with van der Waals surface area (Å²) in [4.78, 5) is 11.3. The van der Waals surface area contributed by atoms with Crippen LogP contribution in [0.5, 0.6) is 5.75 Å². The smallest absolute Gasteiger partial charge is 0.175 e. The first-order valence-corrected chi connectivity index (χ1v) is 4.23. The van der Waals surface area contributed by atoms with Gasteiger partial charge in [-0.3, -0.25) is 4.79 Å². The lowest BCUT2D eigenvalue weighted by atomic mass is 9.90. The van der Waals surface area contributed by atoms with Crippen LogP contribution in [0.2, 0.25) is 0 Å². The van der Waals surface area contributed by atoms with Crippen LogP contribution in [-0.2, 0) is 6.42 Å². The number of halogens is 1. The molecular weight excluding hydrogens is 171 g/mol. The van der Waals surface area contributed by atoms with Crippen LogP contribution in [0.4, 0.5) is 4.39 Å². The molecule has 0 amide bonds. The maximum atomic E-state index is 13.3. The van der Waals surface area contributed by atoms with Crippen molar-refractivity contribution in [3.63, 3.8) is 0 Å². The van der Waals surface area contributed by atoms with Crippen molar-refractivity contribution in [3.8, 4) is 5.75 Å². The van der Waals surface area contributed by atoms with Crippen molar-refractivity contribution < 1.29 is 14.3 Å². The van der Waals surface area contributed by atoms with E-state index in [0.717, 1.165) is 12.8 Å². The van der Waals surface area contributed by atoms with Crippen molar-refractivity contribution in [2.75, 3.05) is 0 Å². The SMILES string of the molecule is O=C1CCCc2ccc(O)c(F)c21. The number of phenols is 1. The minimum Gasteiger partial charge on any atom is -0.505 e. The number of fused-ring (bicyclic) bond motifs is 1. The van der Waals surface area contributed by atoms with Gasteiger partial charge in [0.25, 0.3) is 0 Å². The van der Waals surface area contributed by atoms with E-state index in [1.165, 1.54) is 6.07 Å². The first kappa shape index (κ1) is 8.23. The van der Waals surface area contributed by atoms with Gasteiger partial charge in [0.15, 0.2) is 17.3 Å². The Morgan fingerprint density at radius 2 is 2.08 bits per heavy atom. The van der Waals surface area contributed by atoms with E-state index in [2.05, 4.69) is 0 Å². The summed E-state index contributed by atoms with van der Waals surface area (Å²) >= 11 is 0. The average molecular weight is 180 g/mol. The summed E-state index contributed by atoms with van der Waals surface area (Å²) < 4.78 is 13.3. The summed E-state index contributed by atoms with van der Waals surface area (Å²) in [5.74, 6) is -1.40. The van der Waals surface area contributed by atoms with E-state index in [9.17, 15) is 9.18 Å². The summed E-state index contributed by atoms with van der Waals surface area (Å²) in [7, 11) is 0. The van der Waals surface area contributed by atoms with E-state index >= 15 is 0 Å². The van der Waals surface area contributed by atoms with Crippen LogP contribution in [0, 0.1) is 5.82 Å². The molecule has 1 aromatic rings. The quantitative estimate of drug-likeness (QED) is 0.663. The summed E-state index contributed by atoms with van der Waals surface area (Å²) in [5, 5.41) is 9.07. The molecule has 1 aliphatic rings. The number of hydrogen-bond acceptors (Lipinski definition) is 2. The Morgan fingerprint density at radius 3 is 2.85 bits per heavy atom. The molecule has 0 aliphatic heterocycles. The van der Waals surface area contributed by atoms with Crippen LogP contribution in [0.15, 0.2) is 12.1 Å². The molecule has 2 nitrogen and oxygen atoms in total. The molecule has 68 valence electrons. The van der Waals surface area contributed by atoms with Crippen molar-refractivity contribution in [1.82, 2.24) is 0 Å². The highest BCUT2D eigenvalue weighted by Crippen LogP contribution is 2.28. The molecule has 1 N–H and O–H groups in total. The molecule has 0 bridgehead atoms. The highest BCUT2D eigenvalue weighted by molar-refractivity contribution is 5.99. The number of phenolic OH excluding ortho intramolecular Hbond substituents is 1. The molecule has 0 fully saturated rings. The van der Waals surface area contributed by atoms with Crippen LogP contribution < -0.4 is 0 Å². The van der Waals surface area contributed by atoms with E-state index in [1.54, 1.807) is 6.07 Å². The first-order valence-electron chi connectivity index (χ1n) is 4.23. The Kier molecular flexibility index (Phi) is 1.79. The third-order valence-electron chi connectivity index (χ3n) is 2.34. The Morgan fingerprint density at radius 1 is 1.31 bits per heavy atom. The van der Waals surface area contributed by atoms with Gasteiger partial charge in [0.05, 0.1) is 5.56 Å². The minimum absolute atomic E-state index is 0.0891. The topological polar surface area (TPSA) is 37.3 Å². The van der Waals surface area contributed by atoms with Gasteiger partial charge in [-0.05, 0) is 24.5 Å². The maximum absolute atomic E-state index is 13.3. The third-order valence-corrected chi connectivity index (χ3v) is 2.34. The van der Waals surface area contributed by atoms with Crippen LogP contribution in [-0.4, -0.2) is 10.9 Å². The van der Waals surface area contributed by atoms with E-state index in [4.69, 9.17) is 5.11 Å². The number of benzene rings is 1. The summed E-state index contributed by atoms with van der Waals surface area (Å²) in [5.41, 5.74) is 0.804. The minimum atomic E-state index is -0.762. The van der Waals surface area contributed by atoms with Gasteiger partial charge in [0.2, 0.25) is 0 Å². The second-order valence-electron chi connectivity index (χ2n) is 3.21. The molecule has 0 atom stereocenters. The molecule has 0 heterocycles. The predicted molar refractivity (Wildman–Crippen MR) is 45.3 cm³/mol. The lowest BCUT2D eigenvalue weighted by Crippen LogP contribution is -2.12. The normalized spacial score (nSPS) is 15.6. The van der Waals surface area contributed by atoms with Crippen LogP contribution in [0.25, 0.3) is 0 Å². The fourth-order valence-corrected chi connectivity index (χ4v) is 1.68. The Hall–Kier alpha value is -1.38. The second kappa shape index (κ2) is 2.83. The molecule has 2 rings (SSSR count). The number of aromatic hydroxyl groups is 1. The molecule has 0 unspecified atom stereocenters. The second-order valence-corrected chi connectivity index (χ2v) is 3.21. The van der Waals surface area contributed by atoms with Gasteiger partial charge < -0.3 is 5.11 Å². The third kappa shape index (κ3) is 1.20. The van der Waals surface area contributed by atoms with E-state index in [1.807, 2.05) is 0 Å². The molecule has 3 heteroatoms. The van der Waals surface area contributed by atoms with Crippen molar-refractivity contribution in [2.24, 2.45) is 0 Å². The monoisotopic (exact) mass is 180 g/mol. The number of hydrogen-bond donors (Lipinski definition) is 1. The number of aryl methyl sites for hydroxylation is 1. The van der Waals surface area contributed by atoms with Gasteiger partial charge in [0.1, 0.15) is 0 Å². The van der Waals surface area contributed by atoms with Gasteiger partial charge in [0, 0.05) is 6.42 Å². The molecule has 0 radical (unpaired) electrons. The fourth-order valence-electron chi connectivity index (χ4n) is 1.68. The van der Waals surface area contributed by atoms with E-state index < -0.39 is 11.6 Å². The number of ketones is 1. The molecule has 13 heavy (non-hydrogen) atoms. The van der Waals surface area contributed by atoms with Crippen LogP contribution in [0.3, 0.4) is 0 Å². The summed E-state index contributed by atoms with van der Waals surface area (Å²) in [6.07, 6.45) is 1.88. The van der Waals surface area contributed by atoms with Crippen molar-refractivity contribution in [2.45, 2.75) is 19.3 Å². The standard InChI is InChI=1S/C10H9FO2/c11-10-8(13)5-4-6-2-1-3-7(12)9(6)10/h4-5,13H,1-3H2. The lowest BCUT2D eigenvalue weighted by Gasteiger charge is -2.15. The molecular formula is C10H9FO2. The number of carbonyl (C=O) groups is 1. The molecule has 0 aromatic heterocycles. The van der Waals surface area contributed by atoms with Gasteiger partial charge in [-0.15, -0.1) is 0 Å². The molecule has 0 saturated heterocycles. The van der Waals surface area contributed by atoms with Gasteiger partial charge in [-0.1, -0.05) is 6.07 Å². The Labute approximate surface area is 75.0 Å². The van der Waals surface area contributed by atoms with Crippen LogP contribution in [0.1, 0.15) is 28.8 Å². The van der Waals surface area contributed by atoms with Crippen LogP contribution >= 0.6 is 0 Å². The molecule has 1 aliphatic carbocycles. The molecule has 0 spiro atoms. The summed E-state index contributed by atoms with van der Waals surface area (Å²) in [6, 6.07) is 2.91. The zero-order chi connectivity index (χ0) is 9.42. The number of rotatable bonds is 0. The van der Waals surface area contributed by atoms with Gasteiger partial charge >= 0.3 is 0 Å². The number of Topliss-reactive ketones (excluding diaryl/α,β-unsaturated/α-hetero) is 1.